The van der Waals surface area contributed by atoms with Crippen LogP contribution < -0.4 is 16.5 Å². The molecule has 1 rings (SSSR count). The van der Waals surface area contributed by atoms with Crippen molar-refractivity contribution in [2.75, 3.05) is 5.32 Å². The van der Waals surface area contributed by atoms with Gasteiger partial charge in [-0.25, -0.2) is 0 Å². The Labute approximate surface area is 98.7 Å². The van der Waals surface area contributed by atoms with Gasteiger partial charge in [-0.3, -0.25) is 10.2 Å². The molecule has 5 nitrogen and oxygen atoms in total. The molecule has 1 amide bonds. The number of thiocarbonyl (C=S) groups is 1. The Balaban J connectivity index is 2.70. The molecule has 4 N–H and O–H groups in total. The van der Waals surface area contributed by atoms with E-state index in [-0.39, 0.29) is 11.0 Å². The number of nitrogens with two attached hydrogens (primary N) is 1. The van der Waals surface area contributed by atoms with Gasteiger partial charge >= 0.3 is 0 Å². The van der Waals surface area contributed by atoms with Crippen molar-refractivity contribution in [1.82, 2.24) is 5.43 Å². The minimum absolute atomic E-state index is 0.106. The number of nitrogens with one attached hydrogen (secondary N) is 2. The van der Waals surface area contributed by atoms with Crippen molar-refractivity contribution in [1.29, 1.82) is 0 Å². The van der Waals surface area contributed by atoms with Crippen LogP contribution in [0.4, 0.5) is 5.69 Å². The van der Waals surface area contributed by atoms with Crippen LogP contribution in [0.1, 0.15) is 12.5 Å². The number of anilines is 1. The van der Waals surface area contributed by atoms with Crippen molar-refractivity contribution in [3.05, 3.63) is 29.8 Å². The Morgan fingerprint density at radius 1 is 1.56 bits per heavy atom. The highest BCUT2D eigenvalue weighted by Crippen LogP contribution is 2.08. The Morgan fingerprint density at radius 3 is 2.94 bits per heavy atom. The molecular formula is C10H12N4OS. The van der Waals surface area contributed by atoms with Gasteiger partial charge in [0.1, 0.15) is 0 Å². The molecule has 84 valence electrons. The van der Waals surface area contributed by atoms with Crippen LogP contribution in [0.2, 0.25) is 0 Å². The Bertz CT molecular complexity index is 431. The second-order valence-corrected chi connectivity index (χ2v) is 3.48. The summed E-state index contributed by atoms with van der Waals surface area (Å²) < 4.78 is 0. The lowest BCUT2D eigenvalue weighted by molar-refractivity contribution is -0.114. The molecule has 0 saturated carbocycles. The van der Waals surface area contributed by atoms with Gasteiger partial charge in [-0.15, -0.1) is 0 Å². The minimum atomic E-state index is -0.115. The molecule has 1 aromatic carbocycles. The lowest BCUT2D eigenvalue weighted by Crippen LogP contribution is -2.23. The molecule has 0 aliphatic rings. The third-order valence-electron chi connectivity index (χ3n) is 1.60. The van der Waals surface area contributed by atoms with Crippen LogP contribution in [0.25, 0.3) is 0 Å². The summed E-state index contributed by atoms with van der Waals surface area (Å²) in [5, 5.41) is 6.59. The standard InChI is InChI=1S/C10H12N4OS/c1-7(15)13-9-4-2-3-8(5-9)6-12-14-10(11)16/h2-6H,1H3,(H,13,15)(H3,11,14,16)/b12-6-. The predicted molar refractivity (Wildman–Crippen MR) is 68.3 cm³/mol. The van der Waals surface area contributed by atoms with E-state index < -0.39 is 0 Å². The van der Waals surface area contributed by atoms with Gasteiger partial charge in [0.2, 0.25) is 5.91 Å². The quantitative estimate of drug-likeness (QED) is 0.412. The average Bonchev–Trinajstić information content (AvgIpc) is 2.16. The van der Waals surface area contributed by atoms with Crippen LogP contribution in [-0.2, 0) is 4.79 Å². The smallest absolute Gasteiger partial charge is 0.221 e. The van der Waals surface area contributed by atoms with Crippen molar-refractivity contribution in [3.63, 3.8) is 0 Å². The summed E-state index contributed by atoms with van der Waals surface area (Å²) >= 11 is 4.59. The first-order valence-electron chi connectivity index (χ1n) is 4.54. The number of hydrogen-bond acceptors (Lipinski definition) is 3. The largest absolute Gasteiger partial charge is 0.375 e. The first kappa shape index (κ1) is 12.1. The highest BCUT2D eigenvalue weighted by molar-refractivity contribution is 7.80. The van der Waals surface area contributed by atoms with E-state index in [0.717, 1.165) is 5.56 Å². The van der Waals surface area contributed by atoms with Gasteiger partial charge < -0.3 is 11.1 Å². The molecule has 1 aromatic rings. The lowest BCUT2D eigenvalue weighted by Gasteiger charge is -2.02. The summed E-state index contributed by atoms with van der Waals surface area (Å²) in [5.74, 6) is -0.115. The molecule has 0 aromatic heterocycles. The Hall–Kier alpha value is -1.95. The second-order valence-electron chi connectivity index (χ2n) is 3.04. The lowest BCUT2D eigenvalue weighted by atomic mass is 10.2. The van der Waals surface area contributed by atoms with Gasteiger partial charge in [-0.1, -0.05) is 12.1 Å². The van der Waals surface area contributed by atoms with E-state index >= 15 is 0 Å². The number of hydrazone groups is 1. The highest BCUT2D eigenvalue weighted by atomic mass is 32.1. The van der Waals surface area contributed by atoms with E-state index in [0.29, 0.717) is 5.69 Å². The number of carbonyl (C=O) groups excluding carboxylic acids is 1. The zero-order valence-corrected chi connectivity index (χ0v) is 9.54. The Morgan fingerprint density at radius 2 is 2.31 bits per heavy atom. The third-order valence-corrected chi connectivity index (χ3v) is 1.69. The summed E-state index contributed by atoms with van der Waals surface area (Å²) in [6.45, 7) is 1.45. The molecule has 0 saturated heterocycles. The second kappa shape index (κ2) is 5.82. The van der Waals surface area contributed by atoms with Gasteiger partial charge in [0.15, 0.2) is 5.11 Å². The van der Waals surface area contributed by atoms with Gasteiger partial charge in [-0.05, 0) is 29.9 Å². The van der Waals surface area contributed by atoms with E-state index in [1.54, 1.807) is 18.3 Å². The molecule has 0 unspecified atom stereocenters. The normalized spacial score (nSPS) is 10.1. The summed E-state index contributed by atoms with van der Waals surface area (Å²) in [7, 11) is 0. The zero-order chi connectivity index (χ0) is 12.0. The summed E-state index contributed by atoms with van der Waals surface area (Å²) in [5.41, 5.74) is 9.19. The number of hydrogen-bond donors (Lipinski definition) is 3. The molecule has 6 heteroatoms. The molecule has 0 fully saturated rings. The van der Waals surface area contributed by atoms with E-state index in [9.17, 15) is 4.79 Å². The van der Waals surface area contributed by atoms with Crippen molar-refractivity contribution in [2.45, 2.75) is 6.92 Å². The molecule has 0 radical (unpaired) electrons. The SMILES string of the molecule is CC(=O)Nc1cccc(/C=N\NC(N)=S)c1. The number of amides is 1. The van der Waals surface area contributed by atoms with Crippen LogP contribution in [0.15, 0.2) is 29.4 Å². The van der Waals surface area contributed by atoms with E-state index in [2.05, 4.69) is 28.1 Å². The van der Waals surface area contributed by atoms with Gasteiger partial charge in [0.25, 0.3) is 0 Å². The molecule has 0 spiro atoms. The fraction of sp³-hybridized carbons (Fsp3) is 0.100. The zero-order valence-electron chi connectivity index (χ0n) is 8.73. The fourth-order valence-corrected chi connectivity index (χ4v) is 1.12. The highest BCUT2D eigenvalue weighted by Gasteiger charge is 1.95. The number of rotatable bonds is 3. The van der Waals surface area contributed by atoms with Gasteiger partial charge in [-0.2, -0.15) is 5.10 Å². The predicted octanol–water partition coefficient (Wildman–Crippen LogP) is 0.812. The van der Waals surface area contributed by atoms with E-state index in [1.165, 1.54) is 6.92 Å². The first-order valence-corrected chi connectivity index (χ1v) is 4.95. The first-order chi connectivity index (χ1) is 7.58. The number of carbonyl (C=O) groups is 1. The van der Waals surface area contributed by atoms with Crippen molar-refractivity contribution >= 4 is 35.1 Å². The Kier molecular flexibility index (Phi) is 4.41. The molecule has 0 atom stereocenters. The number of nitrogens with zero attached hydrogens (tertiary/aromatic N) is 1. The van der Waals surface area contributed by atoms with Gasteiger partial charge in [0, 0.05) is 12.6 Å². The van der Waals surface area contributed by atoms with Crippen molar-refractivity contribution in [3.8, 4) is 0 Å². The molecule has 16 heavy (non-hydrogen) atoms. The number of benzene rings is 1. The van der Waals surface area contributed by atoms with Gasteiger partial charge in [0.05, 0.1) is 6.21 Å². The van der Waals surface area contributed by atoms with Crippen LogP contribution in [0, 0.1) is 0 Å². The van der Waals surface area contributed by atoms with Crippen LogP contribution in [0.3, 0.4) is 0 Å². The van der Waals surface area contributed by atoms with Crippen LogP contribution >= 0.6 is 12.2 Å². The maximum Gasteiger partial charge on any atom is 0.221 e. The van der Waals surface area contributed by atoms with Crippen LogP contribution in [0.5, 0.6) is 0 Å². The maximum absolute atomic E-state index is 10.8. The summed E-state index contributed by atoms with van der Waals surface area (Å²) in [4.78, 5) is 10.8. The maximum atomic E-state index is 10.8. The van der Waals surface area contributed by atoms with Crippen molar-refractivity contribution < 1.29 is 4.79 Å². The molecule has 0 bridgehead atoms. The average molecular weight is 236 g/mol. The van der Waals surface area contributed by atoms with E-state index in [1.807, 2.05) is 12.1 Å². The molecule has 0 aliphatic heterocycles. The summed E-state index contributed by atoms with van der Waals surface area (Å²) in [6, 6.07) is 7.23. The van der Waals surface area contributed by atoms with E-state index in [4.69, 9.17) is 5.73 Å². The molecule has 0 heterocycles. The summed E-state index contributed by atoms with van der Waals surface area (Å²) in [6.07, 6.45) is 1.56. The third kappa shape index (κ3) is 4.52. The fourth-order valence-electron chi connectivity index (χ4n) is 1.07. The van der Waals surface area contributed by atoms with Crippen LogP contribution in [-0.4, -0.2) is 17.2 Å². The topological polar surface area (TPSA) is 79.5 Å². The molecular weight excluding hydrogens is 224 g/mol. The molecule has 0 aliphatic carbocycles. The minimum Gasteiger partial charge on any atom is -0.375 e. The monoisotopic (exact) mass is 236 g/mol. The van der Waals surface area contributed by atoms with Crippen molar-refractivity contribution in [2.24, 2.45) is 10.8 Å².